The molecule has 1 heterocycles. The van der Waals surface area contributed by atoms with Gasteiger partial charge in [-0.25, -0.2) is 0 Å². The summed E-state index contributed by atoms with van der Waals surface area (Å²) in [6.07, 6.45) is 0.994. The molecule has 78 valence electrons. The fraction of sp³-hybridized carbons (Fsp3) is 0.333. The van der Waals surface area contributed by atoms with Crippen LogP contribution in [0.1, 0.15) is 12.5 Å². The molecule has 1 aromatic heterocycles. The Kier molecular flexibility index (Phi) is 2.87. The number of aromatic amines is 1. The molecule has 0 aliphatic heterocycles. The highest BCUT2D eigenvalue weighted by molar-refractivity contribution is 5.28. The number of hydrogen-bond donors (Lipinski definition) is 1. The van der Waals surface area contributed by atoms with Crippen LogP contribution in [-0.4, -0.2) is 20.9 Å². The van der Waals surface area contributed by atoms with E-state index in [0.717, 1.165) is 12.2 Å². The van der Waals surface area contributed by atoms with E-state index in [0.29, 0.717) is 0 Å². The van der Waals surface area contributed by atoms with Gasteiger partial charge in [0, 0.05) is 0 Å². The zero-order chi connectivity index (χ0) is 10.5. The first-order valence-electron chi connectivity index (χ1n) is 4.74. The van der Waals surface area contributed by atoms with E-state index in [9.17, 15) is 0 Å². The summed E-state index contributed by atoms with van der Waals surface area (Å²) in [5.41, 5.74) is 1.24. The Hall–Kier alpha value is -1.98. The van der Waals surface area contributed by atoms with Crippen molar-refractivity contribution >= 4 is 0 Å². The van der Waals surface area contributed by atoms with Crippen molar-refractivity contribution in [2.24, 2.45) is 0 Å². The summed E-state index contributed by atoms with van der Waals surface area (Å²) in [6.45, 7) is 2.38. The molecule has 0 saturated carbocycles. The van der Waals surface area contributed by atoms with Crippen molar-refractivity contribution in [2.75, 3.05) is 0 Å². The van der Waals surface area contributed by atoms with Gasteiger partial charge in [0.25, 0.3) is 6.73 Å². The Balaban J connectivity index is 1.98. The SMILES string of the molecule is CCc1cccc(OC[n+]2nnn[nH]2)c1. The van der Waals surface area contributed by atoms with Gasteiger partial charge in [0.05, 0.1) is 0 Å². The maximum Gasteiger partial charge on any atom is 0.251 e. The Labute approximate surface area is 86.8 Å². The lowest BCUT2D eigenvalue weighted by molar-refractivity contribution is -0.829. The summed E-state index contributed by atoms with van der Waals surface area (Å²) in [5, 5.41) is 13.1. The molecule has 6 heteroatoms. The number of aromatic nitrogens is 5. The van der Waals surface area contributed by atoms with Crippen LogP contribution >= 0.6 is 0 Å². The third-order valence-electron chi connectivity index (χ3n) is 2.01. The van der Waals surface area contributed by atoms with Crippen LogP contribution in [0.3, 0.4) is 0 Å². The molecule has 0 aliphatic rings. The van der Waals surface area contributed by atoms with Crippen molar-refractivity contribution in [3.63, 3.8) is 0 Å². The van der Waals surface area contributed by atoms with Gasteiger partial charge in [-0.1, -0.05) is 19.1 Å². The maximum atomic E-state index is 5.48. The van der Waals surface area contributed by atoms with Gasteiger partial charge < -0.3 is 4.74 Å². The summed E-state index contributed by atoms with van der Waals surface area (Å²) >= 11 is 0. The van der Waals surface area contributed by atoms with E-state index in [4.69, 9.17) is 4.74 Å². The molecule has 0 atom stereocenters. The number of aryl methyl sites for hydroxylation is 1. The van der Waals surface area contributed by atoms with E-state index in [-0.39, 0.29) is 6.73 Å². The summed E-state index contributed by atoms with van der Waals surface area (Å²) in [6, 6.07) is 7.95. The van der Waals surface area contributed by atoms with Crippen LogP contribution in [0.2, 0.25) is 0 Å². The van der Waals surface area contributed by atoms with E-state index in [2.05, 4.69) is 33.8 Å². The molecular formula is C9H12N5O+. The van der Waals surface area contributed by atoms with Crippen LogP contribution in [-0.2, 0) is 13.2 Å². The Bertz CT molecular complexity index is 414. The molecule has 0 unspecified atom stereocenters. The zero-order valence-corrected chi connectivity index (χ0v) is 8.42. The van der Waals surface area contributed by atoms with Gasteiger partial charge in [0.2, 0.25) is 10.4 Å². The van der Waals surface area contributed by atoms with Crippen LogP contribution in [0.4, 0.5) is 0 Å². The van der Waals surface area contributed by atoms with Crippen LogP contribution < -0.4 is 9.53 Å². The largest absolute Gasteiger partial charge is 0.457 e. The number of benzene rings is 1. The summed E-state index contributed by atoms with van der Waals surface area (Å²) in [5.74, 6) is 0.818. The summed E-state index contributed by atoms with van der Waals surface area (Å²) in [7, 11) is 0. The molecule has 0 aliphatic carbocycles. The zero-order valence-electron chi connectivity index (χ0n) is 8.42. The smallest absolute Gasteiger partial charge is 0.251 e. The minimum atomic E-state index is 0.278. The second-order valence-corrected chi connectivity index (χ2v) is 3.05. The highest BCUT2D eigenvalue weighted by Gasteiger charge is 2.01. The van der Waals surface area contributed by atoms with Gasteiger partial charge in [-0.3, -0.25) is 0 Å². The minimum Gasteiger partial charge on any atom is -0.457 e. The second-order valence-electron chi connectivity index (χ2n) is 3.05. The molecular weight excluding hydrogens is 194 g/mol. The Morgan fingerprint density at radius 3 is 3.13 bits per heavy atom. The molecule has 6 nitrogen and oxygen atoms in total. The molecule has 0 amide bonds. The second kappa shape index (κ2) is 4.50. The first-order chi connectivity index (χ1) is 7.38. The number of ether oxygens (including phenoxy) is 1. The van der Waals surface area contributed by atoms with Crippen molar-refractivity contribution in [3.8, 4) is 5.75 Å². The van der Waals surface area contributed by atoms with Crippen molar-refractivity contribution in [3.05, 3.63) is 29.8 Å². The van der Waals surface area contributed by atoms with Crippen LogP contribution in [0.15, 0.2) is 24.3 Å². The Morgan fingerprint density at radius 1 is 1.47 bits per heavy atom. The molecule has 1 N–H and O–H groups in total. The first-order valence-corrected chi connectivity index (χ1v) is 4.74. The van der Waals surface area contributed by atoms with Gasteiger partial charge in [-0.05, 0) is 34.1 Å². The average molecular weight is 206 g/mol. The van der Waals surface area contributed by atoms with Crippen LogP contribution in [0, 0.1) is 0 Å². The lowest BCUT2D eigenvalue weighted by atomic mass is 10.2. The van der Waals surface area contributed by atoms with Gasteiger partial charge in [0.1, 0.15) is 11.0 Å². The van der Waals surface area contributed by atoms with Gasteiger partial charge >= 0.3 is 0 Å². The average Bonchev–Trinajstić information content (AvgIpc) is 2.79. The lowest BCUT2D eigenvalue weighted by Crippen LogP contribution is -2.41. The van der Waals surface area contributed by atoms with E-state index >= 15 is 0 Å². The number of nitrogens with zero attached hydrogens (tertiary/aromatic N) is 4. The lowest BCUT2D eigenvalue weighted by Gasteiger charge is -2.03. The highest BCUT2D eigenvalue weighted by Crippen LogP contribution is 2.13. The fourth-order valence-corrected chi connectivity index (χ4v) is 1.21. The molecule has 0 bridgehead atoms. The van der Waals surface area contributed by atoms with Crippen molar-refractivity contribution in [2.45, 2.75) is 20.1 Å². The van der Waals surface area contributed by atoms with E-state index in [1.807, 2.05) is 18.2 Å². The molecule has 0 spiro atoms. The minimum absolute atomic E-state index is 0.278. The van der Waals surface area contributed by atoms with E-state index in [1.165, 1.54) is 10.4 Å². The molecule has 0 saturated heterocycles. The van der Waals surface area contributed by atoms with E-state index in [1.54, 1.807) is 0 Å². The summed E-state index contributed by atoms with van der Waals surface area (Å²) in [4.78, 5) is 1.40. The van der Waals surface area contributed by atoms with Crippen LogP contribution in [0.25, 0.3) is 0 Å². The molecule has 2 rings (SSSR count). The molecule has 0 fully saturated rings. The Morgan fingerprint density at radius 2 is 2.40 bits per heavy atom. The third-order valence-corrected chi connectivity index (χ3v) is 2.01. The van der Waals surface area contributed by atoms with Crippen molar-refractivity contribution < 1.29 is 9.53 Å². The normalized spacial score (nSPS) is 10.2. The molecule has 2 aromatic rings. The highest BCUT2D eigenvalue weighted by atomic mass is 16.5. The number of hydrogen-bond acceptors (Lipinski definition) is 4. The topological polar surface area (TPSA) is 67.6 Å². The van der Waals surface area contributed by atoms with E-state index < -0.39 is 0 Å². The number of rotatable bonds is 4. The predicted molar refractivity (Wildman–Crippen MR) is 50.8 cm³/mol. The first kappa shape index (κ1) is 9.57. The van der Waals surface area contributed by atoms with Gasteiger partial charge in [-0.2, -0.15) is 0 Å². The molecule has 0 radical (unpaired) electrons. The van der Waals surface area contributed by atoms with Crippen molar-refractivity contribution in [1.82, 2.24) is 20.9 Å². The third kappa shape index (κ3) is 2.49. The molecule has 1 aromatic carbocycles. The van der Waals surface area contributed by atoms with Crippen molar-refractivity contribution in [1.29, 1.82) is 0 Å². The van der Waals surface area contributed by atoms with Gasteiger partial charge in [-0.15, -0.1) is 0 Å². The van der Waals surface area contributed by atoms with Crippen LogP contribution in [0.5, 0.6) is 5.75 Å². The van der Waals surface area contributed by atoms with Gasteiger partial charge in [0.15, 0.2) is 0 Å². The quantitative estimate of drug-likeness (QED) is 0.720. The number of nitrogens with one attached hydrogen (secondary N) is 1. The summed E-state index contributed by atoms with van der Waals surface area (Å²) < 4.78 is 5.48. The predicted octanol–water partition coefficient (Wildman–Crippen LogP) is 0.0861. The molecule has 15 heavy (non-hydrogen) atoms. The monoisotopic (exact) mass is 206 g/mol. The number of H-pyrrole nitrogens is 1. The maximum absolute atomic E-state index is 5.48. The standard InChI is InChI=1S/C9H11N5O/c1-2-8-4-3-5-9(6-8)15-7-14-12-10-11-13-14/h3-6H,2,7H2,1H3/p+1. The fourth-order valence-electron chi connectivity index (χ4n) is 1.21.